The van der Waals surface area contributed by atoms with Gasteiger partial charge in [0.05, 0.1) is 17.2 Å². The molecule has 0 aliphatic rings. The smallest absolute Gasteiger partial charge is 0.318 e. The maximum absolute atomic E-state index is 12.9. The second-order valence-corrected chi connectivity index (χ2v) is 6.89. The van der Waals surface area contributed by atoms with Gasteiger partial charge in [-0.05, 0) is 38.5 Å². The van der Waals surface area contributed by atoms with Crippen molar-refractivity contribution in [3.63, 3.8) is 0 Å². The number of para-hydroxylation sites is 1. The Labute approximate surface area is 146 Å². The van der Waals surface area contributed by atoms with Gasteiger partial charge in [0, 0.05) is 0 Å². The molecular weight excluding hydrogens is 316 g/mol. The van der Waals surface area contributed by atoms with Crippen molar-refractivity contribution in [2.75, 3.05) is 0 Å². The summed E-state index contributed by atoms with van der Waals surface area (Å²) >= 11 is 0. The molecule has 0 aliphatic heterocycles. The predicted molar refractivity (Wildman–Crippen MR) is 96.6 cm³/mol. The number of benzene rings is 2. The van der Waals surface area contributed by atoms with Crippen LogP contribution in [-0.2, 0) is 9.53 Å². The third-order valence-electron chi connectivity index (χ3n) is 3.79. The fourth-order valence-electron chi connectivity index (χ4n) is 2.74. The van der Waals surface area contributed by atoms with Crippen molar-refractivity contribution in [3.8, 4) is 0 Å². The molecule has 0 aliphatic carbocycles. The summed E-state index contributed by atoms with van der Waals surface area (Å²) < 4.78 is 11.2. The van der Waals surface area contributed by atoms with Gasteiger partial charge in [0.15, 0.2) is 5.43 Å². The van der Waals surface area contributed by atoms with Crippen LogP contribution in [0.3, 0.4) is 0 Å². The molecular formula is C21H20O4. The van der Waals surface area contributed by atoms with E-state index in [0.29, 0.717) is 16.5 Å². The lowest BCUT2D eigenvalue weighted by molar-refractivity contribution is -0.155. The molecule has 0 saturated heterocycles. The Kier molecular flexibility index (Phi) is 4.45. The van der Waals surface area contributed by atoms with Crippen molar-refractivity contribution in [2.24, 2.45) is 0 Å². The molecule has 0 fully saturated rings. The molecule has 3 aromatic rings. The molecule has 0 spiro atoms. The normalized spacial score (nSPS) is 12.8. The first kappa shape index (κ1) is 17.0. The van der Waals surface area contributed by atoms with Crippen molar-refractivity contribution in [1.82, 2.24) is 0 Å². The van der Waals surface area contributed by atoms with Crippen LogP contribution in [0.4, 0.5) is 0 Å². The largest absolute Gasteiger partial charge is 0.464 e. The maximum Gasteiger partial charge on any atom is 0.318 e. The van der Waals surface area contributed by atoms with Crippen molar-refractivity contribution in [2.45, 2.75) is 32.3 Å². The fraction of sp³-hybridized carbons (Fsp3) is 0.238. The summed E-state index contributed by atoms with van der Waals surface area (Å²) in [4.78, 5) is 25.8. The Hall–Kier alpha value is -2.88. The first-order chi connectivity index (χ1) is 11.9. The summed E-state index contributed by atoms with van der Waals surface area (Å²) in [6.45, 7) is 5.40. The van der Waals surface area contributed by atoms with Crippen LogP contribution in [0.5, 0.6) is 0 Å². The topological polar surface area (TPSA) is 56.5 Å². The molecule has 3 rings (SSSR count). The minimum Gasteiger partial charge on any atom is -0.464 e. The number of rotatable bonds is 3. The van der Waals surface area contributed by atoms with Crippen LogP contribution in [0.2, 0.25) is 0 Å². The Morgan fingerprint density at radius 2 is 1.64 bits per heavy atom. The molecule has 0 bridgehead atoms. The first-order valence-corrected chi connectivity index (χ1v) is 8.15. The Morgan fingerprint density at radius 1 is 1.00 bits per heavy atom. The van der Waals surface area contributed by atoms with E-state index in [9.17, 15) is 9.59 Å². The van der Waals surface area contributed by atoms with Crippen LogP contribution in [0, 0.1) is 0 Å². The number of ether oxygens (including phenoxy) is 1. The van der Waals surface area contributed by atoms with E-state index in [1.807, 2.05) is 30.3 Å². The van der Waals surface area contributed by atoms with Gasteiger partial charge in [-0.25, -0.2) is 0 Å². The van der Waals surface area contributed by atoms with Gasteiger partial charge in [-0.2, -0.15) is 0 Å². The first-order valence-electron chi connectivity index (χ1n) is 8.15. The van der Waals surface area contributed by atoms with E-state index in [0.717, 1.165) is 0 Å². The monoisotopic (exact) mass is 336 g/mol. The highest BCUT2D eigenvalue weighted by molar-refractivity contribution is 5.84. The van der Waals surface area contributed by atoms with E-state index in [4.69, 9.17) is 9.15 Å². The maximum atomic E-state index is 12.9. The molecule has 1 aromatic heterocycles. The fourth-order valence-corrected chi connectivity index (χ4v) is 2.74. The Bertz CT molecular complexity index is 949. The zero-order valence-corrected chi connectivity index (χ0v) is 14.5. The highest BCUT2D eigenvalue weighted by Gasteiger charge is 2.31. The molecule has 0 N–H and O–H groups in total. The molecule has 4 nitrogen and oxygen atoms in total. The lowest BCUT2D eigenvalue weighted by Crippen LogP contribution is -2.30. The predicted octanol–water partition coefficient (Wildman–Crippen LogP) is 4.27. The van der Waals surface area contributed by atoms with Gasteiger partial charge in [0.1, 0.15) is 17.1 Å². The summed E-state index contributed by atoms with van der Waals surface area (Å²) in [5.74, 6) is -1.30. The van der Waals surface area contributed by atoms with Crippen LogP contribution in [0.25, 0.3) is 11.0 Å². The number of esters is 1. The standard InChI is InChI=1S/C21H20O4/c1-21(2,3)25-20(23)18(14-9-5-4-6-10-14)16-13-24-17-12-8-7-11-15(17)19(16)22/h4-13,18H,1-3H3. The average Bonchev–Trinajstić information content (AvgIpc) is 2.57. The van der Waals surface area contributed by atoms with Crippen molar-refractivity contribution in [1.29, 1.82) is 0 Å². The van der Waals surface area contributed by atoms with Crippen molar-refractivity contribution < 1.29 is 13.9 Å². The van der Waals surface area contributed by atoms with E-state index in [2.05, 4.69) is 0 Å². The van der Waals surface area contributed by atoms with Crippen LogP contribution >= 0.6 is 0 Å². The summed E-state index contributed by atoms with van der Waals surface area (Å²) in [5, 5.41) is 0.449. The second-order valence-electron chi connectivity index (χ2n) is 6.89. The molecule has 0 saturated carbocycles. The van der Waals surface area contributed by atoms with E-state index >= 15 is 0 Å². The second kappa shape index (κ2) is 6.55. The van der Waals surface area contributed by atoms with Gasteiger partial charge in [0.2, 0.25) is 0 Å². The molecule has 1 heterocycles. The van der Waals surface area contributed by atoms with Gasteiger partial charge in [-0.1, -0.05) is 42.5 Å². The highest BCUT2D eigenvalue weighted by Crippen LogP contribution is 2.27. The van der Waals surface area contributed by atoms with E-state index in [-0.39, 0.29) is 11.0 Å². The Morgan fingerprint density at radius 3 is 2.32 bits per heavy atom. The van der Waals surface area contributed by atoms with Crippen LogP contribution in [0.15, 0.2) is 70.1 Å². The van der Waals surface area contributed by atoms with Crippen LogP contribution in [0.1, 0.15) is 37.8 Å². The minimum atomic E-state index is -0.832. The van der Waals surface area contributed by atoms with Gasteiger partial charge in [0.25, 0.3) is 0 Å². The quantitative estimate of drug-likeness (QED) is 0.670. The Balaban J connectivity index is 2.17. The summed E-state index contributed by atoms with van der Waals surface area (Å²) in [7, 11) is 0. The number of carbonyl (C=O) groups is 1. The third-order valence-corrected chi connectivity index (χ3v) is 3.79. The minimum absolute atomic E-state index is 0.221. The van der Waals surface area contributed by atoms with E-state index < -0.39 is 17.5 Å². The lowest BCUT2D eigenvalue weighted by Gasteiger charge is -2.24. The number of hydrogen-bond acceptors (Lipinski definition) is 4. The van der Waals surface area contributed by atoms with Gasteiger partial charge < -0.3 is 9.15 Å². The molecule has 0 radical (unpaired) electrons. The molecule has 0 amide bonds. The van der Waals surface area contributed by atoms with Gasteiger partial charge in [-0.3, -0.25) is 9.59 Å². The number of hydrogen-bond donors (Lipinski definition) is 0. The molecule has 1 unspecified atom stereocenters. The van der Waals surface area contributed by atoms with Crippen molar-refractivity contribution >= 4 is 16.9 Å². The van der Waals surface area contributed by atoms with Gasteiger partial charge >= 0.3 is 5.97 Å². The lowest BCUT2D eigenvalue weighted by atomic mass is 9.91. The SMILES string of the molecule is CC(C)(C)OC(=O)C(c1ccccc1)c1coc2ccccc2c1=O. The molecule has 4 heteroatoms. The molecule has 2 aromatic carbocycles. The third kappa shape index (κ3) is 3.63. The molecule has 25 heavy (non-hydrogen) atoms. The van der Waals surface area contributed by atoms with Crippen LogP contribution in [-0.4, -0.2) is 11.6 Å². The highest BCUT2D eigenvalue weighted by atomic mass is 16.6. The average molecular weight is 336 g/mol. The zero-order valence-electron chi connectivity index (χ0n) is 14.5. The molecule has 1 atom stereocenters. The summed E-state index contributed by atoms with van der Waals surface area (Å²) in [6.07, 6.45) is 1.37. The van der Waals surface area contributed by atoms with Crippen LogP contribution < -0.4 is 5.43 Å². The van der Waals surface area contributed by atoms with E-state index in [1.165, 1.54) is 6.26 Å². The summed E-state index contributed by atoms with van der Waals surface area (Å²) in [6, 6.07) is 16.1. The summed E-state index contributed by atoms with van der Waals surface area (Å²) in [5.41, 5.74) is 0.591. The number of carbonyl (C=O) groups excluding carboxylic acids is 1. The van der Waals surface area contributed by atoms with Crippen molar-refractivity contribution in [3.05, 3.63) is 82.2 Å². The van der Waals surface area contributed by atoms with E-state index in [1.54, 1.807) is 45.0 Å². The number of fused-ring (bicyclic) bond motifs is 1. The van der Waals surface area contributed by atoms with Gasteiger partial charge in [-0.15, -0.1) is 0 Å². The zero-order chi connectivity index (χ0) is 18.0. The molecule has 128 valence electrons.